The minimum atomic E-state index is -0.229. The second kappa shape index (κ2) is 8.66. The molecule has 2 nitrogen and oxygen atoms in total. The summed E-state index contributed by atoms with van der Waals surface area (Å²) in [4.78, 5) is 11.9. The number of rotatable bonds is 7. The normalized spacial score (nSPS) is 11.8. The molecule has 21 heavy (non-hydrogen) atoms. The molecule has 1 aromatic rings. The molecule has 0 amide bonds. The lowest BCUT2D eigenvalue weighted by atomic mass is 9.87. The summed E-state index contributed by atoms with van der Waals surface area (Å²) in [5.41, 5.74) is 1.96. The van der Waals surface area contributed by atoms with E-state index in [0.717, 1.165) is 19.3 Å². The van der Waals surface area contributed by atoms with Crippen molar-refractivity contribution in [3.8, 4) is 0 Å². The Morgan fingerprint density at radius 1 is 1.10 bits per heavy atom. The zero-order chi connectivity index (χ0) is 15.7. The Balaban J connectivity index is 2.36. The molecule has 0 N–H and O–H groups in total. The summed E-state index contributed by atoms with van der Waals surface area (Å²) in [7, 11) is 0. The van der Waals surface area contributed by atoms with Crippen molar-refractivity contribution < 1.29 is 9.53 Å². The van der Waals surface area contributed by atoms with Crippen molar-refractivity contribution in [3.05, 3.63) is 47.5 Å². The van der Waals surface area contributed by atoms with E-state index in [0.29, 0.717) is 12.2 Å². The summed E-state index contributed by atoms with van der Waals surface area (Å²) >= 11 is 0. The van der Waals surface area contributed by atoms with Crippen molar-refractivity contribution in [1.82, 2.24) is 0 Å². The van der Waals surface area contributed by atoms with E-state index in [-0.39, 0.29) is 11.4 Å². The van der Waals surface area contributed by atoms with Gasteiger partial charge in [0.25, 0.3) is 0 Å². The van der Waals surface area contributed by atoms with Crippen molar-refractivity contribution in [3.63, 3.8) is 0 Å². The van der Waals surface area contributed by atoms with Crippen LogP contribution in [0, 0.1) is 0 Å². The number of esters is 1. The lowest BCUT2D eigenvalue weighted by Gasteiger charge is -2.18. The van der Waals surface area contributed by atoms with Crippen molar-refractivity contribution >= 4 is 5.97 Å². The van der Waals surface area contributed by atoms with E-state index < -0.39 is 0 Å². The highest BCUT2D eigenvalue weighted by atomic mass is 16.5. The molecule has 0 bridgehead atoms. The van der Waals surface area contributed by atoms with E-state index in [1.54, 1.807) is 0 Å². The average Bonchev–Trinajstić information content (AvgIpc) is 2.45. The molecule has 0 unspecified atom stereocenters. The Bertz CT molecular complexity index is 449. The monoisotopic (exact) mass is 288 g/mol. The first-order valence-corrected chi connectivity index (χ1v) is 7.88. The first-order valence-electron chi connectivity index (χ1n) is 7.88. The summed E-state index contributed by atoms with van der Waals surface area (Å²) in [6.07, 6.45) is 8.50. The van der Waals surface area contributed by atoms with Gasteiger partial charge in [-0.15, -0.1) is 0 Å². The van der Waals surface area contributed by atoms with Crippen LogP contribution in [-0.2, 0) is 10.2 Å². The summed E-state index contributed by atoms with van der Waals surface area (Å²) < 4.78 is 5.29. The Labute approximate surface area is 129 Å². The molecule has 0 fully saturated rings. The van der Waals surface area contributed by atoms with Gasteiger partial charge in [0.15, 0.2) is 0 Å². The van der Waals surface area contributed by atoms with Gasteiger partial charge in [0.05, 0.1) is 12.2 Å². The minimum absolute atomic E-state index is 0.104. The van der Waals surface area contributed by atoms with Crippen LogP contribution in [0.15, 0.2) is 36.4 Å². The number of unbranched alkanes of at least 4 members (excludes halogenated alkanes) is 2. The summed E-state index contributed by atoms with van der Waals surface area (Å²) in [5.74, 6) is -0.229. The predicted molar refractivity (Wildman–Crippen MR) is 88.7 cm³/mol. The second-order valence-corrected chi connectivity index (χ2v) is 6.37. The maximum atomic E-state index is 11.9. The third-order valence-electron chi connectivity index (χ3n) is 3.36. The molecule has 0 aliphatic rings. The third-order valence-corrected chi connectivity index (χ3v) is 3.36. The fourth-order valence-corrected chi connectivity index (χ4v) is 1.96. The van der Waals surface area contributed by atoms with Gasteiger partial charge in [-0.3, -0.25) is 0 Å². The standard InChI is InChI=1S/C19H28O2/c1-5-6-7-8-9-10-15-21-18(20)16-11-13-17(14-12-16)19(2,3)4/h7-8,11-14H,5-6,9-10,15H2,1-4H3/b8-7+. The van der Waals surface area contributed by atoms with E-state index in [2.05, 4.69) is 39.8 Å². The zero-order valence-electron chi connectivity index (χ0n) is 13.8. The molecule has 2 heteroatoms. The number of allylic oxidation sites excluding steroid dienone is 2. The molecule has 0 aliphatic heterocycles. The van der Waals surface area contributed by atoms with Crippen molar-refractivity contribution in [2.45, 2.75) is 58.8 Å². The highest BCUT2D eigenvalue weighted by molar-refractivity contribution is 5.89. The molecule has 0 saturated heterocycles. The fourth-order valence-electron chi connectivity index (χ4n) is 1.96. The van der Waals surface area contributed by atoms with Crippen LogP contribution in [-0.4, -0.2) is 12.6 Å². The predicted octanol–water partition coefficient (Wildman–Crippen LogP) is 5.28. The Hall–Kier alpha value is -1.57. The van der Waals surface area contributed by atoms with Gasteiger partial charge in [-0.2, -0.15) is 0 Å². The molecule has 0 aliphatic carbocycles. The van der Waals surface area contributed by atoms with E-state index >= 15 is 0 Å². The van der Waals surface area contributed by atoms with Gasteiger partial charge in [0.2, 0.25) is 0 Å². The molecule has 116 valence electrons. The summed E-state index contributed by atoms with van der Waals surface area (Å²) in [5, 5.41) is 0. The topological polar surface area (TPSA) is 26.3 Å². The molecular weight excluding hydrogens is 260 g/mol. The fraction of sp³-hybridized carbons (Fsp3) is 0.526. The van der Waals surface area contributed by atoms with Gasteiger partial charge in [0.1, 0.15) is 0 Å². The highest BCUT2D eigenvalue weighted by Crippen LogP contribution is 2.22. The molecular formula is C19H28O2. The largest absolute Gasteiger partial charge is 0.462 e. The lowest BCUT2D eigenvalue weighted by molar-refractivity contribution is 0.0501. The highest BCUT2D eigenvalue weighted by Gasteiger charge is 2.14. The van der Waals surface area contributed by atoms with Crippen LogP contribution < -0.4 is 0 Å². The molecule has 1 rings (SSSR count). The SMILES string of the molecule is CCC/C=C/CCCOC(=O)c1ccc(C(C)(C)C)cc1. The quantitative estimate of drug-likeness (QED) is 0.388. The molecule has 0 heterocycles. The summed E-state index contributed by atoms with van der Waals surface area (Å²) in [6, 6.07) is 7.71. The zero-order valence-corrected chi connectivity index (χ0v) is 13.8. The van der Waals surface area contributed by atoms with Gasteiger partial charge in [-0.1, -0.05) is 58.4 Å². The van der Waals surface area contributed by atoms with Crippen LogP contribution in [0.4, 0.5) is 0 Å². The van der Waals surface area contributed by atoms with Gasteiger partial charge in [-0.25, -0.2) is 4.79 Å². The van der Waals surface area contributed by atoms with Crippen LogP contribution >= 0.6 is 0 Å². The van der Waals surface area contributed by atoms with Gasteiger partial charge in [-0.05, 0) is 42.4 Å². The summed E-state index contributed by atoms with van der Waals surface area (Å²) in [6.45, 7) is 9.12. The molecule has 0 saturated carbocycles. The number of hydrogen-bond acceptors (Lipinski definition) is 2. The number of ether oxygens (including phenoxy) is 1. The average molecular weight is 288 g/mol. The maximum Gasteiger partial charge on any atom is 0.338 e. The number of benzene rings is 1. The third kappa shape index (κ3) is 6.61. The van der Waals surface area contributed by atoms with Crippen LogP contribution in [0.2, 0.25) is 0 Å². The molecule has 0 radical (unpaired) electrons. The second-order valence-electron chi connectivity index (χ2n) is 6.37. The van der Waals surface area contributed by atoms with E-state index in [1.165, 1.54) is 12.0 Å². The van der Waals surface area contributed by atoms with Gasteiger partial charge < -0.3 is 4.74 Å². The van der Waals surface area contributed by atoms with E-state index in [1.807, 2.05) is 24.3 Å². The number of carbonyl (C=O) groups excluding carboxylic acids is 1. The molecule has 0 spiro atoms. The Morgan fingerprint density at radius 2 is 1.71 bits per heavy atom. The lowest BCUT2D eigenvalue weighted by Crippen LogP contribution is -2.12. The number of carbonyl (C=O) groups is 1. The van der Waals surface area contributed by atoms with Crippen molar-refractivity contribution in [1.29, 1.82) is 0 Å². The molecule has 1 aromatic carbocycles. The smallest absolute Gasteiger partial charge is 0.338 e. The maximum absolute atomic E-state index is 11.9. The van der Waals surface area contributed by atoms with Gasteiger partial charge >= 0.3 is 5.97 Å². The molecule has 0 atom stereocenters. The Morgan fingerprint density at radius 3 is 2.29 bits per heavy atom. The van der Waals surface area contributed by atoms with Crippen LogP contribution in [0.1, 0.15) is 69.3 Å². The van der Waals surface area contributed by atoms with E-state index in [9.17, 15) is 4.79 Å². The minimum Gasteiger partial charge on any atom is -0.462 e. The van der Waals surface area contributed by atoms with Crippen LogP contribution in [0.3, 0.4) is 0 Å². The molecule has 0 aromatic heterocycles. The first-order chi connectivity index (χ1) is 9.95. The van der Waals surface area contributed by atoms with E-state index in [4.69, 9.17) is 4.74 Å². The van der Waals surface area contributed by atoms with Crippen molar-refractivity contribution in [2.24, 2.45) is 0 Å². The van der Waals surface area contributed by atoms with Gasteiger partial charge in [0, 0.05) is 0 Å². The van der Waals surface area contributed by atoms with Crippen molar-refractivity contribution in [2.75, 3.05) is 6.61 Å². The number of hydrogen-bond donors (Lipinski definition) is 0. The first kappa shape index (κ1) is 17.5. The van der Waals surface area contributed by atoms with Crippen LogP contribution in [0.5, 0.6) is 0 Å². The van der Waals surface area contributed by atoms with Crippen LogP contribution in [0.25, 0.3) is 0 Å². The Kier molecular flexibility index (Phi) is 7.21.